The monoisotopic (exact) mass is 268 g/mol. The Balaban J connectivity index is 1.84. The number of Topliss-reactive ketones (excluding diaryl/α,β-unsaturated/α-hetero) is 1. The van der Waals surface area contributed by atoms with Crippen molar-refractivity contribution in [2.75, 3.05) is 0 Å². The Bertz CT molecular complexity index is 605. The van der Waals surface area contributed by atoms with Gasteiger partial charge in [0, 0.05) is 18.3 Å². The Morgan fingerprint density at radius 1 is 1.10 bits per heavy atom. The third-order valence-corrected chi connectivity index (χ3v) is 5.97. The number of carbonyl (C=O) groups is 2. The van der Waals surface area contributed by atoms with E-state index < -0.39 is 0 Å². The Morgan fingerprint density at radius 3 is 2.80 bits per heavy atom. The maximum Gasteiger partial charge on any atom is 0.156 e. The number of carbonyl (C=O) groups excluding carboxylic acids is 2. The van der Waals surface area contributed by atoms with Crippen molar-refractivity contribution in [3.63, 3.8) is 0 Å². The van der Waals surface area contributed by atoms with Crippen molar-refractivity contribution in [1.29, 1.82) is 0 Å². The maximum atomic E-state index is 12.2. The van der Waals surface area contributed by atoms with Crippen LogP contribution in [0.25, 0.3) is 0 Å². The van der Waals surface area contributed by atoms with Crippen LogP contribution in [0.15, 0.2) is 34.9 Å². The zero-order chi connectivity index (χ0) is 13.9. The highest BCUT2D eigenvalue weighted by atomic mass is 16.1. The summed E-state index contributed by atoms with van der Waals surface area (Å²) in [4.78, 5) is 23.8. The van der Waals surface area contributed by atoms with E-state index in [1.807, 2.05) is 6.08 Å². The molecule has 1 fully saturated rings. The van der Waals surface area contributed by atoms with E-state index >= 15 is 0 Å². The Hall–Kier alpha value is -1.44. The van der Waals surface area contributed by atoms with Gasteiger partial charge in [0.2, 0.25) is 0 Å². The maximum absolute atomic E-state index is 12.2. The van der Waals surface area contributed by atoms with E-state index in [1.54, 1.807) is 0 Å². The summed E-state index contributed by atoms with van der Waals surface area (Å²) in [5, 5.41) is 0. The predicted octanol–water partition coefficient (Wildman–Crippen LogP) is 3.54. The molecular formula is C18H20O2. The molecule has 2 nitrogen and oxygen atoms in total. The zero-order valence-electron chi connectivity index (χ0n) is 11.9. The summed E-state index contributed by atoms with van der Waals surface area (Å²) in [7, 11) is 0. The van der Waals surface area contributed by atoms with Crippen molar-refractivity contribution in [2.24, 2.45) is 17.3 Å². The van der Waals surface area contributed by atoms with Gasteiger partial charge in [0.1, 0.15) is 5.78 Å². The molecule has 4 aliphatic rings. The lowest BCUT2D eigenvalue weighted by Gasteiger charge is -2.42. The van der Waals surface area contributed by atoms with Crippen LogP contribution in [-0.4, -0.2) is 11.6 Å². The fraction of sp³-hybridized carbons (Fsp3) is 0.556. The first-order valence-corrected chi connectivity index (χ1v) is 7.79. The minimum atomic E-state index is -0.222. The summed E-state index contributed by atoms with van der Waals surface area (Å²) >= 11 is 0. The lowest BCUT2D eigenvalue weighted by molar-refractivity contribution is -0.124. The minimum Gasteiger partial charge on any atom is -0.299 e. The van der Waals surface area contributed by atoms with E-state index in [0.717, 1.165) is 32.1 Å². The molecule has 0 amide bonds. The molecule has 3 atom stereocenters. The Kier molecular flexibility index (Phi) is 2.48. The average molecular weight is 268 g/mol. The molecule has 4 rings (SSSR count). The summed E-state index contributed by atoms with van der Waals surface area (Å²) in [5.41, 5.74) is 3.90. The number of allylic oxidation sites excluding steroid dienone is 6. The summed E-state index contributed by atoms with van der Waals surface area (Å²) in [6.07, 6.45) is 11.7. The molecule has 0 heterocycles. The van der Waals surface area contributed by atoms with Crippen LogP contribution in [-0.2, 0) is 9.59 Å². The van der Waals surface area contributed by atoms with Crippen LogP contribution in [0, 0.1) is 17.3 Å². The molecule has 0 bridgehead atoms. The van der Waals surface area contributed by atoms with Crippen molar-refractivity contribution in [2.45, 2.75) is 45.4 Å². The Morgan fingerprint density at radius 2 is 1.95 bits per heavy atom. The second kappa shape index (κ2) is 4.03. The molecule has 0 saturated heterocycles. The molecule has 4 aliphatic carbocycles. The van der Waals surface area contributed by atoms with Gasteiger partial charge in [-0.05, 0) is 67.2 Å². The van der Waals surface area contributed by atoms with E-state index in [9.17, 15) is 9.59 Å². The van der Waals surface area contributed by atoms with Gasteiger partial charge in [-0.15, -0.1) is 0 Å². The number of rotatable bonds is 0. The van der Waals surface area contributed by atoms with Crippen LogP contribution in [0.5, 0.6) is 0 Å². The van der Waals surface area contributed by atoms with Gasteiger partial charge in [0.15, 0.2) is 5.78 Å². The van der Waals surface area contributed by atoms with Crippen molar-refractivity contribution < 1.29 is 9.59 Å². The SMILES string of the molecule is C[C@]12C=CC3=C4CCC(=O)C=C4CCC3C1CCC2=O. The number of hydrogen-bond acceptors (Lipinski definition) is 2. The molecule has 20 heavy (non-hydrogen) atoms. The number of hydrogen-bond donors (Lipinski definition) is 0. The van der Waals surface area contributed by atoms with E-state index in [4.69, 9.17) is 0 Å². The first-order valence-electron chi connectivity index (χ1n) is 7.79. The summed E-state index contributed by atoms with van der Waals surface area (Å²) in [5.74, 6) is 1.73. The van der Waals surface area contributed by atoms with Crippen LogP contribution in [0.1, 0.15) is 45.4 Å². The van der Waals surface area contributed by atoms with Gasteiger partial charge in [-0.3, -0.25) is 9.59 Å². The fourth-order valence-electron chi connectivity index (χ4n) is 4.81. The van der Waals surface area contributed by atoms with Crippen LogP contribution < -0.4 is 0 Å². The summed E-state index contributed by atoms with van der Waals surface area (Å²) < 4.78 is 0. The average Bonchev–Trinajstić information content (AvgIpc) is 2.74. The quantitative estimate of drug-likeness (QED) is 0.673. The molecule has 2 unspecified atom stereocenters. The van der Waals surface area contributed by atoms with E-state index in [-0.39, 0.29) is 11.2 Å². The zero-order valence-corrected chi connectivity index (χ0v) is 11.9. The molecule has 2 heteroatoms. The summed E-state index contributed by atoms with van der Waals surface area (Å²) in [6, 6.07) is 0. The van der Waals surface area contributed by atoms with E-state index in [0.29, 0.717) is 24.0 Å². The van der Waals surface area contributed by atoms with Crippen molar-refractivity contribution >= 4 is 11.6 Å². The molecule has 0 aromatic rings. The highest BCUT2D eigenvalue weighted by Gasteiger charge is 2.51. The van der Waals surface area contributed by atoms with Crippen molar-refractivity contribution in [3.8, 4) is 0 Å². The van der Waals surface area contributed by atoms with Crippen molar-refractivity contribution in [1.82, 2.24) is 0 Å². The number of ketones is 2. The van der Waals surface area contributed by atoms with Crippen molar-refractivity contribution in [3.05, 3.63) is 34.9 Å². The molecule has 0 aromatic carbocycles. The van der Waals surface area contributed by atoms with Crippen LogP contribution in [0.4, 0.5) is 0 Å². The predicted molar refractivity (Wildman–Crippen MR) is 77.1 cm³/mol. The highest BCUT2D eigenvalue weighted by Crippen LogP contribution is 2.55. The minimum absolute atomic E-state index is 0.222. The molecule has 1 saturated carbocycles. The molecule has 104 valence electrons. The van der Waals surface area contributed by atoms with Gasteiger partial charge in [-0.25, -0.2) is 0 Å². The molecule has 0 aliphatic heterocycles. The van der Waals surface area contributed by atoms with Gasteiger partial charge < -0.3 is 0 Å². The lowest BCUT2D eigenvalue weighted by atomic mass is 9.61. The van der Waals surface area contributed by atoms with Gasteiger partial charge in [-0.1, -0.05) is 12.2 Å². The third-order valence-electron chi connectivity index (χ3n) is 5.97. The van der Waals surface area contributed by atoms with Gasteiger partial charge >= 0.3 is 0 Å². The highest BCUT2D eigenvalue weighted by molar-refractivity contribution is 5.93. The van der Waals surface area contributed by atoms with E-state index in [1.165, 1.54) is 16.7 Å². The first-order chi connectivity index (χ1) is 9.59. The van der Waals surface area contributed by atoms with E-state index in [2.05, 4.69) is 19.1 Å². The van der Waals surface area contributed by atoms with Crippen LogP contribution >= 0.6 is 0 Å². The largest absolute Gasteiger partial charge is 0.299 e. The standard InChI is InChI=1S/C18H20O2/c1-18-9-8-14-13-5-3-12(19)10-11(13)2-4-15(14)16(18)6-7-17(18)20/h8-10,15-16H,2-7H2,1H3/t15?,16?,18-/m0/s1. The first kappa shape index (κ1) is 12.3. The molecule has 0 aromatic heterocycles. The molecular weight excluding hydrogens is 248 g/mol. The molecule has 0 N–H and O–H groups in total. The second-order valence-electron chi connectivity index (χ2n) is 6.90. The normalized spacial score (nSPS) is 39.4. The third kappa shape index (κ3) is 1.51. The number of fused-ring (bicyclic) bond motifs is 4. The van der Waals surface area contributed by atoms with Crippen LogP contribution in [0.2, 0.25) is 0 Å². The molecule has 0 spiro atoms. The molecule has 0 radical (unpaired) electrons. The van der Waals surface area contributed by atoms with Gasteiger partial charge in [-0.2, -0.15) is 0 Å². The van der Waals surface area contributed by atoms with Crippen LogP contribution in [0.3, 0.4) is 0 Å². The smallest absolute Gasteiger partial charge is 0.156 e. The lowest BCUT2D eigenvalue weighted by Crippen LogP contribution is -2.37. The second-order valence-corrected chi connectivity index (χ2v) is 6.90. The van der Waals surface area contributed by atoms with Gasteiger partial charge in [0.05, 0.1) is 0 Å². The Labute approximate surface area is 119 Å². The topological polar surface area (TPSA) is 34.1 Å². The summed E-state index contributed by atoms with van der Waals surface area (Å²) in [6.45, 7) is 2.13. The van der Waals surface area contributed by atoms with Gasteiger partial charge in [0.25, 0.3) is 0 Å². The fourth-order valence-corrected chi connectivity index (χ4v) is 4.81.